The van der Waals surface area contributed by atoms with Gasteiger partial charge in [0.2, 0.25) is 5.91 Å². The first-order valence-electron chi connectivity index (χ1n) is 9.60. The highest BCUT2D eigenvalue weighted by Crippen LogP contribution is 2.30. The van der Waals surface area contributed by atoms with Crippen molar-refractivity contribution in [2.75, 3.05) is 23.8 Å². The lowest BCUT2D eigenvalue weighted by molar-refractivity contribution is -0.117. The minimum Gasteiger partial charge on any atom is -0.359 e. The molecule has 1 aromatic heterocycles. The van der Waals surface area contributed by atoms with Crippen molar-refractivity contribution in [2.45, 2.75) is 13.1 Å². The molecule has 30 heavy (non-hydrogen) atoms. The summed E-state index contributed by atoms with van der Waals surface area (Å²) >= 11 is 6.22. The topological polar surface area (TPSA) is 65.5 Å². The fraction of sp³-hybridized carbons (Fsp3) is 0.174. The third-order valence-corrected chi connectivity index (χ3v) is 5.38. The molecule has 7 heteroatoms. The maximum Gasteiger partial charge on any atom is 0.255 e. The summed E-state index contributed by atoms with van der Waals surface area (Å²) in [7, 11) is 1.72. The predicted molar refractivity (Wildman–Crippen MR) is 118 cm³/mol. The zero-order valence-electron chi connectivity index (χ0n) is 16.5. The van der Waals surface area contributed by atoms with Gasteiger partial charge in [0.05, 0.1) is 24.3 Å². The summed E-state index contributed by atoms with van der Waals surface area (Å²) < 4.78 is 0. The van der Waals surface area contributed by atoms with Crippen LogP contribution < -0.4 is 10.2 Å². The van der Waals surface area contributed by atoms with Crippen LogP contribution >= 0.6 is 11.6 Å². The summed E-state index contributed by atoms with van der Waals surface area (Å²) in [5.74, 6) is 0.334. The molecule has 152 valence electrons. The molecule has 0 saturated heterocycles. The SMILES string of the molecule is CN(Cc1ccccc1Cl)C(=O)c1cnc2c(c1)N(Cc1ccccc1)C(=O)CN2. The summed E-state index contributed by atoms with van der Waals surface area (Å²) in [4.78, 5) is 33.2. The van der Waals surface area contributed by atoms with E-state index >= 15 is 0 Å². The Morgan fingerprint density at radius 2 is 1.90 bits per heavy atom. The Bertz CT molecular complexity index is 1090. The number of anilines is 2. The molecule has 2 amide bonds. The van der Waals surface area contributed by atoms with E-state index < -0.39 is 0 Å². The van der Waals surface area contributed by atoms with Crippen molar-refractivity contribution in [2.24, 2.45) is 0 Å². The average Bonchev–Trinajstić information content (AvgIpc) is 2.77. The van der Waals surface area contributed by atoms with Gasteiger partial charge in [-0.3, -0.25) is 9.59 Å². The predicted octanol–water partition coefficient (Wildman–Crippen LogP) is 3.97. The molecule has 0 atom stereocenters. The Balaban J connectivity index is 1.59. The summed E-state index contributed by atoms with van der Waals surface area (Å²) in [5, 5.41) is 3.64. The number of pyridine rings is 1. The maximum absolute atomic E-state index is 13.0. The van der Waals surface area contributed by atoms with E-state index in [1.807, 2.05) is 48.5 Å². The molecule has 0 unspecified atom stereocenters. The maximum atomic E-state index is 13.0. The Kier molecular flexibility index (Phi) is 5.68. The number of nitrogens with zero attached hydrogens (tertiary/aromatic N) is 3. The number of amides is 2. The molecule has 0 spiro atoms. The van der Waals surface area contributed by atoms with Crippen LogP contribution in [0, 0.1) is 0 Å². The number of rotatable bonds is 5. The van der Waals surface area contributed by atoms with Crippen molar-refractivity contribution >= 4 is 34.9 Å². The van der Waals surface area contributed by atoms with Crippen molar-refractivity contribution in [1.29, 1.82) is 0 Å². The highest BCUT2D eigenvalue weighted by molar-refractivity contribution is 6.31. The number of hydrogen-bond acceptors (Lipinski definition) is 4. The van der Waals surface area contributed by atoms with E-state index in [1.54, 1.807) is 29.0 Å². The molecule has 0 aliphatic carbocycles. The number of carbonyl (C=O) groups is 2. The Hall–Kier alpha value is -3.38. The molecule has 0 radical (unpaired) electrons. The van der Waals surface area contributed by atoms with Crippen LogP contribution in [0.1, 0.15) is 21.5 Å². The third kappa shape index (κ3) is 4.14. The Morgan fingerprint density at radius 1 is 1.17 bits per heavy atom. The molecular weight excluding hydrogens is 400 g/mol. The van der Waals surface area contributed by atoms with Crippen molar-refractivity contribution in [1.82, 2.24) is 9.88 Å². The van der Waals surface area contributed by atoms with Crippen molar-refractivity contribution in [3.8, 4) is 0 Å². The van der Waals surface area contributed by atoms with Crippen molar-refractivity contribution < 1.29 is 9.59 Å². The normalized spacial score (nSPS) is 12.9. The minimum absolute atomic E-state index is 0.0674. The first-order valence-corrected chi connectivity index (χ1v) is 9.98. The second-order valence-corrected chi connectivity index (χ2v) is 7.57. The van der Waals surface area contributed by atoms with Crippen LogP contribution in [0.3, 0.4) is 0 Å². The van der Waals surface area contributed by atoms with Gasteiger partial charge in [0.15, 0.2) is 5.82 Å². The fourth-order valence-electron chi connectivity index (χ4n) is 3.41. The molecule has 1 N–H and O–H groups in total. The van der Waals surface area contributed by atoms with Gasteiger partial charge in [-0.05, 0) is 23.3 Å². The lowest BCUT2D eigenvalue weighted by atomic mass is 10.1. The summed E-state index contributed by atoms with van der Waals surface area (Å²) in [5.41, 5.74) is 2.89. The van der Waals surface area contributed by atoms with Gasteiger partial charge in [-0.25, -0.2) is 4.98 Å². The van der Waals surface area contributed by atoms with Gasteiger partial charge in [-0.15, -0.1) is 0 Å². The van der Waals surface area contributed by atoms with Crippen LogP contribution in [0.15, 0.2) is 66.9 Å². The second kappa shape index (κ2) is 8.55. The summed E-state index contributed by atoms with van der Waals surface area (Å²) in [6.45, 7) is 0.968. The monoisotopic (exact) mass is 420 g/mol. The van der Waals surface area contributed by atoms with E-state index in [-0.39, 0.29) is 18.4 Å². The standard InChI is InChI=1S/C23H21ClN4O2/c1-27(15-17-9-5-6-10-19(17)24)23(30)18-11-20-22(25-12-18)26-13-21(29)28(20)14-16-7-3-2-4-8-16/h2-12H,13-15H2,1H3,(H,25,26). The highest BCUT2D eigenvalue weighted by Gasteiger charge is 2.27. The van der Waals surface area contributed by atoms with Crippen molar-refractivity contribution in [3.63, 3.8) is 0 Å². The lowest BCUT2D eigenvalue weighted by Gasteiger charge is -2.30. The molecule has 0 fully saturated rings. The van der Waals surface area contributed by atoms with Gasteiger partial charge in [-0.2, -0.15) is 0 Å². The molecule has 6 nitrogen and oxygen atoms in total. The lowest BCUT2D eigenvalue weighted by Crippen LogP contribution is -2.40. The van der Waals surface area contributed by atoms with Gasteiger partial charge >= 0.3 is 0 Å². The number of halogens is 1. The first kappa shape index (κ1) is 19.9. The largest absolute Gasteiger partial charge is 0.359 e. The van der Waals surface area contributed by atoms with E-state index in [0.29, 0.717) is 35.2 Å². The number of hydrogen-bond donors (Lipinski definition) is 1. The number of aromatic nitrogens is 1. The zero-order chi connectivity index (χ0) is 21.1. The van der Waals surface area contributed by atoms with Gasteiger partial charge in [0, 0.05) is 24.8 Å². The average molecular weight is 421 g/mol. The summed E-state index contributed by atoms with van der Waals surface area (Å²) in [6.07, 6.45) is 1.54. The number of fused-ring (bicyclic) bond motifs is 1. The molecular formula is C23H21ClN4O2. The van der Waals surface area contributed by atoms with E-state index in [1.165, 1.54) is 6.20 Å². The Labute approximate surface area is 180 Å². The van der Waals surface area contributed by atoms with Crippen LogP contribution in [0.5, 0.6) is 0 Å². The highest BCUT2D eigenvalue weighted by atomic mass is 35.5. The number of benzene rings is 2. The molecule has 1 aliphatic rings. The van der Waals surface area contributed by atoms with Crippen LogP contribution in [0.4, 0.5) is 11.5 Å². The molecule has 2 heterocycles. The van der Waals surface area contributed by atoms with Gasteiger partial charge in [0.25, 0.3) is 5.91 Å². The summed E-state index contributed by atoms with van der Waals surface area (Å²) in [6, 6.07) is 18.9. The Morgan fingerprint density at radius 3 is 2.67 bits per heavy atom. The fourth-order valence-corrected chi connectivity index (χ4v) is 3.61. The molecule has 2 aromatic carbocycles. The molecule has 1 aliphatic heterocycles. The van der Waals surface area contributed by atoms with Crippen molar-refractivity contribution in [3.05, 3.63) is 88.6 Å². The zero-order valence-corrected chi connectivity index (χ0v) is 17.3. The van der Waals surface area contributed by atoms with E-state index in [9.17, 15) is 9.59 Å². The molecule has 4 rings (SSSR count). The first-order chi connectivity index (χ1) is 14.5. The van der Waals surface area contributed by atoms with Gasteiger partial charge < -0.3 is 15.1 Å². The van der Waals surface area contributed by atoms with Crippen LogP contribution in [-0.2, 0) is 17.9 Å². The number of carbonyl (C=O) groups excluding carboxylic acids is 2. The quantitative estimate of drug-likeness (QED) is 0.678. The second-order valence-electron chi connectivity index (χ2n) is 7.16. The van der Waals surface area contributed by atoms with E-state index in [2.05, 4.69) is 10.3 Å². The van der Waals surface area contributed by atoms with Crippen LogP contribution in [0.2, 0.25) is 5.02 Å². The molecule has 0 bridgehead atoms. The van der Waals surface area contributed by atoms with E-state index in [0.717, 1.165) is 11.1 Å². The minimum atomic E-state index is -0.192. The van der Waals surface area contributed by atoms with Crippen LogP contribution in [-0.4, -0.2) is 35.3 Å². The number of nitrogens with one attached hydrogen (secondary N) is 1. The molecule has 3 aromatic rings. The smallest absolute Gasteiger partial charge is 0.255 e. The van der Waals surface area contributed by atoms with Gasteiger partial charge in [-0.1, -0.05) is 60.1 Å². The molecule has 0 saturated carbocycles. The van der Waals surface area contributed by atoms with Crippen LogP contribution in [0.25, 0.3) is 0 Å². The van der Waals surface area contributed by atoms with E-state index in [4.69, 9.17) is 11.6 Å². The van der Waals surface area contributed by atoms with Gasteiger partial charge in [0.1, 0.15) is 0 Å². The third-order valence-electron chi connectivity index (χ3n) is 5.01.